The molecule has 0 saturated heterocycles. The molecule has 0 bridgehead atoms. The molecule has 1 aromatic rings. The quantitative estimate of drug-likeness (QED) is 0.714. The van der Waals surface area contributed by atoms with Gasteiger partial charge in [-0.05, 0) is 61.4 Å². The van der Waals surface area contributed by atoms with Gasteiger partial charge in [0.15, 0.2) is 0 Å². The van der Waals surface area contributed by atoms with Gasteiger partial charge in [0, 0.05) is 11.9 Å². The largest absolute Gasteiger partial charge is 0.268 e. The number of hydrogen-bond donors (Lipinski definition) is 0. The van der Waals surface area contributed by atoms with Crippen LogP contribution in [0.4, 0.5) is 0 Å². The second kappa shape index (κ2) is 6.42. The third-order valence-electron chi connectivity index (χ3n) is 4.02. The summed E-state index contributed by atoms with van der Waals surface area (Å²) in [4.78, 5) is 0. The Hall–Kier alpha value is -0.0200. The molecule has 4 heteroatoms. The number of aryl methyl sites for hydroxylation is 2. The normalized spacial score (nSPS) is 18.4. The number of aromatic nitrogens is 2. The third-order valence-corrected chi connectivity index (χ3v) is 5.63. The van der Waals surface area contributed by atoms with Crippen molar-refractivity contribution in [2.75, 3.05) is 0 Å². The van der Waals surface area contributed by atoms with Crippen molar-refractivity contribution in [3.05, 3.63) is 15.9 Å². The molecular formula is C14H22BrClN2. The van der Waals surface area contributed by atoms with E-state index in [0.29, 0.717) is 5.38 Å². The molecule has 0 aliphatic heterocycles. The first-order chi connectivity index (χ1) is 8.63. The highest BCUT2D eigenvalue weighted by Gasteiger charge is 2.24. The Kier molecular flexibility index (Phi) is 5.14. The lowest BCUT2D eigenvalue weighted by molar-refractivity contribution is 0.484. The van der Waals surface area contributed by atoms with Crippen LogP contribution < -0.4 is 0 Å². The van der Waals surface area contributed by atoms with Gasteiger partial charge in [0.2, 0.25) is 0 Å². The Balaban J connectivity index is 1.96. The minimum Gasteiger partial charge on any atom is -0.268 e. The molecule has 1 unspecified atom stereocenters. The highest BCUT2D eigenvalue weighted by molar-refractivity contribution is 9.10. The first-order valence-corrected chi connectivity index (χ1v) is 8.22. The van der Waals surface area contributed by atoms with E-state index >= 15 is 0 Å². The molecule has 2 rings (SSSR count). The third kappa shape index (κ3) is 3.11. The highest BCUT2D eigenvalue weighted by atomic mass is 79.9. The lowest BCUT2D eigenvalue weighted by atomic mass is 9.99. The Morgan fingerprint density at radius 1 is 1.44 bits per heavy atom. The molecule has 0 radical (unpaired) electrons. The van der Waals surface area contributed by atoms with Gasteiger partial charge >= 0.3 is 0 Å². The Morgan fingerprint density at radius 3 is 2.72 bits per heavy atom. The summed E-state index contributed by atoms with van der Waals surface area (Å²) in [6.07, 6.45) is 7.46. The van der Waals surface area contributed by atoms with Gasteiger partial charge in [0.05, 0.1) is 15.9 Å². The van der Waals surface area contributed by atoms with Crippen LogP contribution in [0, 0.1) is 12.8 Å². The van der Waals surface area contributed by atoms with Crippen LogP contribution in [-0.2, 0) is 13.0 Å². The van der Waals surface area contributed by atoms with Crippen LogP contribution in [0.2, 0.25) is 0 Å². The van der Waals surface area contributed by atoms with Crippen molar-refractivity contribution in [2.45, 2.75) is 64.3 Å². The molecule has 0 aromatic carbocycles. The summed E-state index contributed by atoms with van der Waals surface area (Å²) in [5, 5.41) is 4.86. The van der Waals surface area contributed by atoms with Gasteiger partial charge in [0.25, 0.3) is 0 Å². The molecule has 1 fully saturated rings. The summed E-state index contributed by atoms with van der Waals surface area (Å²) in [7, 11) is 0. The smallest absolute Gasteiger partial charge is 0.0738 e. The summed E-state index contributed by atoms with van der Waals surface area (Å²) in [5.41, 5.74) is 2.39. The molecule has 18 heavy (non-hydrogen) atoms. The van der Waals surface area contributed by atoms with Gasteiger partial charge in [-0.15, -0.1) is 11.6 Å². The first kappa shape index (κ1) is 14.4. The van der Waals surface area contributed by atoms with E-state index in [1.165, 1.54) is 35.8 Å². The van der Waals surface area contributed by atoms with E-state index in [4.69, 9.17) is 11.6 Å². The van der Waals surface area contributed by atoms with E-state index in [1.54, 1.807) is 0 Å². The molecule has 102 valence electrons. The molecular weight excluding hydrogens is 312 g/mol. The van der Waals surface area contributed by atoms with E-state index in [9.17, 15) is 0 Å². The zero-order chi connectivity index (χ0) is 13.1. The summed E-state index contributed by atoms with van der Waals surface area (Å²) in [6, 6.07) is 0. The lowest BCUT2D eigenvalue weighted by Gasteiger charge is -2.16. The number of halogens is 2. The fourth-order valence-corrected chi connectivity index (χ4v) is 3.78. The molecule has 0 N–H and O–H groups in total. The van der Waals surface area contributed by atoms with Gasteiger partial charge in [-0.25, -0.2) is 0 Å². The molecule has 0 amide bonds. The summed E-state index contributed by atoms with van der Waals surface area (Å²) in [6.45, 7) is 5.12. The van der Waals surface area contributed by atoms with Crippen molar-refractivity contribution in [1.82, 2.24) is 9.78 Å². The topological polar surface area (TPSA) is 17.8 Å². The second-order valence-corrected chi connectivity index (χ2v) is 6.61. The van der Waals surface area contributed by atoms with Crippen LogP contribution in [0.25, 0.3) is 0 Å². The Labute approximate surface area is 123 Å². The zero-order valence-electron chi connectivity index (χ0n) is 11.3. The van der Waals surface area contributed by atoms with Crippen LogP contribution in [-0.4, -0.2) is 15.2 Å². The minimum absolute atomic E-state index is 0.333. The van der Waals surface area contributed by atoms with Gasteiger partial charge in [0.1, 0.15) is 0 Å². The first-order valence-electron chi connectivity index (χ1n) is 6.99. The maximum atomic E-state index is 6.55. The average Bonchev–Trinajstić information content (AvgIpc) is 2.97. The Bertz CT molecular complexity index is 397. The molecule has 1 aliphatic carbocycles. The number of nitrogens with zero attached hydrogens (tertiary/aromatic N) is 2. The predicted octanol–water partition coefficient (Wildman–Crippen LogP) is 4.70. The molecule has 1 atom stereocenters. The fraction of sp³-hybridized carbons (Fsp3) is 0.786. The second-order valence-electron chi connectivity index (χ2n) is 5.26. The van der Waals surface area contributed by atoms with E-state index in [0.717, 1.165) is 31.0 Å². The number of alkyl halides is 1. The van der Waals surface area contributed by atoms with Crippen molar-refractivity contribution < 1.29 is 0 Å². The van der Waals surface area contributed by atoms with Gasteiger partial charge in [-0.2, -0.15) is 5.10 Å². The fourth-order valence-electron chi connectivity index (χ4n) is 2.94. The summed E-state index contributed by atoms with van der Waals surface area (Å²) < 4.78 is 3.26. The maximum Gasteiger partial charge on any atom is 0.0738 e. The van der Waals surface area contributed by atoms with Crippen molar-refractivity contribution in [1.29, 1.82) is 0 Å². The van der Waals surface area contributed by atoms with Gasteiger partial charge in [-0.3, -0.25) is 4.68 Å². The number of rotatable bonds is 5. The maximum absolute atomic E-state index is 6.55. The molecule has 1 aromatic heterocycles. The van der Waals surface area contributed by atoms with E-state index in [-0.39, 0.29) is 0 Å². The van der Waals surface area contributed by atoms with E-state index in [2.05, 4.69) is 39.6 Å². The lowest BCUT2D eigenvalue weighted by Crippen LogP contribution is -2.14. The van der Waals surface area contributed by atoms with Crippen molar-refractivity contribution in [2.24, 2.45) is 5.92 Å². The van der Waals surface area contributed by atoms with Gasteiger partial charge < -0.3 is 0 Å². The highest BCUT2D eigenvalue weighted by Crippen LogP contribution is 2.33. The summed E-state index contributed by atoms with van der Waals surface area (Å²) in [5.74, 6) is 0.740. The van der Waals surface area contributed by atoms with Crippen LogP contribution in [0.3, 0.4) is 0 Å². The van der Waals surface area contributed by atoms with E-state index in [1.807, 2.05) is 0 Å². The molecule has 1 saturated carbocycles. The standard InChI is InChI=1S/C14H22BrClN2/c1-3-18-13(14(15)10(2)17-18)9-8-12(16)11-6-4-5-7-11/h11-12H,3-9H2,1-2H3. The number of hydrogen-bond acceptors (Lipinski definition) is 1. The van der Waals surface area contributed by atoms with Crippen molar-refractivity contribution in [3.63, 3.8) is 0 Å². The van der Waals surface area contributed by atoms with Gasteiger partial charge in [-0.1, -0.05) is 12.8 Å². The molecule has 2 nitrogen and oxygen atoms in total. The summed E-state index contributed by atoms with van der Waals surface area (Å²) >= 11 is 10.2. The van der Waals surface area contributed by atoms with E-state index < -0.39 is 0 Å². The molecule has 0 spiro atoms. The average molecular weight is 334 g/mol. The SMILES string of the molecule is CCn1nc(C)c(Br)c1CCC(Cl)C1CCCC1. The minimum atomic E-state index is 0.333. The molecule has 1 aliphatic rings. The monoisotopic (exact) mass is 332 g/mol. The van der Waals surface area contributed by atoms with Crippen LogP contribution in [0.15, 0.2) is 4.47 Å². The molecule has 1 heterocycles. The van der Waals surface area contributed by atoms with Crippen LogP contribution >= 0.6 is 27.5 Å². The zero-order valence-corrected chi connectivity index (χ0v) is 13.6. The van der Waals surface area contributed by atoms with Crippen LogP contribution in [0.5, 0.6) is 0 Å². The van der Waals surface area contributed by atoms with Crippen molar-refractivity contribution >= 4 is 27.5 Å². The Morgan fingerprint density at radius 2 is 2.11 bits per heavy atom. The van der Waals surface area contributed by atoms with Crippen LogP contribution in [0.1, 0.15) is 50.4 Å². The van der Waals surface area contributed by atoms with Crippen molar-refractivity contribution in [3.8, 4) is 0 Å². The predicted molar refractivity (Wildman–Crippen MR) is 80.3 cm³/mol.